The van der Waals surface area contributed by atoms with Gasteiger partial charge in [-0.2, -0.15) is 13.2 Å². The van der Waals surface area contributed by atoms with Crippen LogP contribution in [0.15, 0.2) is 83.1 Å². The van der Waals surface area contributed by atoms with Crippen molar-refractivity contribution < 1.29 is 18.0 Å². The first-order valence-electron chi connectivity index (χ1n) is 8.24. The topological polar surface area (TPSA) is 46.9 Å². The fraction of sp³-hybridized carbons (Fsp3) is 0.100. The van der Waals surface area contributed by atoms with E-state index in [1.165, 1.54) is 36.0 Å². The number of imidazole rings is 1. The number of aromatic nitrogens is 2. The fourth-order valence-corrected chi connectivity index (χ4v) is 3.34. The van der Waals surface area contributed by atoms with Crippen molar-refractivity contribution in [1.82, 2.24) is 9.55 Å². The molecule has 0 radical (unpaired) electrons. The van der Waals surface area contributed by atoms with Gasteiger partial charge in [-0.25, -0.2) is 4.98 Å². The number of para-hydroxylation sites is 1. The minimum absolute atomic E-state index is 0.0687. The molecular formula is C20H16F3N3OS. The van der Waals surface area contributed by atoms with E-state index in [1.54, 1.807) is 47.3 Å². The van der Waals surface area contributed by atoms with E-state index in [0.29, 0.717) is 21.8 Å². The van der Waals surface area contributed by atoms with Crippen molar-refractivity contribution in [3.63, 3.8) is 0 Å². The van der Waals surface area contributed by atoms with Gasteiger partial charge in [0.05, 0.1) is 11.3 Å². The molecule has 1 aromatic heterocycles. The van der Waals surface area contributed by atoms with Gasteiger partial charge in [0.2, 0.25) is 5.91 Å². The van der Waals surface area contributed by atoms with E-state index in [0.717, 1.165) is 0 Å². The normalized spacial score (nSPS) is 12.1. The molecule has 144 valence electrons. The molecule has 1 N–H and O–H groups in total. The van der Waals surface area contributed by atoms with Crippen LogP contribution in [-0.2, 0) is 11.8 Å². The lowest BCUT2D eigenvalue weighted by Crippen LogP contribution is -2.16. The molecule has 1 heterocycles. The van der Waals surface area contributed by atoms with Crippen LogP contribution in [0.2, 0.25) is 0 Å². The molecule has 0 aliphatic rings. The number of allylic oxidation sites excluding steroid dienone is 1. The number of amides is 1. The molecule has 2 aromatic carbocycles. The highest BCUT2D eigenvalue weighted by molar-refractivity contribution is 7.99. The number of alkyl halides is 3. The molecular weight excluding hydrogens is 387 g/mol. The van der Waals surface area contributed by atoms with Crippen LogP contribution < -0.4 is 5.32 Å². The summed E-state index contributed by atoms with van der Waals surface area (Å²) in [7, 11) is 1.83. The summed E-state index contributed by atoms with van der Waals surface area (Å²) in [6.07, 6.45) is -0.652. The number of anilines is 1. The number of hydrogen-bond donors (Lipinski definition) is 1. The second-order valence-electron chi connectivity index (χ2n) is 5.83. The molecule has 0 spiro atoms. The smallest absolute Gasteiger partial charge is 0.329 e. The van der Waals surface area contributed by atoms with Crippen LogP contribution in [-0.4, -0.2) is 21.6 Å². The monoisotopic (exact) mass is 403 g/mol. The number of rotatable bonds is 5. The standard InChI is InChI=1S/C20H16F3N3OS/c1-26-12-11-24-19(26)28-17-10-6-5-9-16(17)25-18(27)13-15(20(21,22)23)14-7-3-2-4-8-14/h2-13H,1H3,(H,25,27)/b15-13-. The van der Waals surface area contributed by atoms with Crippen LogP contribution in [0.1, 0.15) is 5.56 Å². The average Bonchev–Trinajstić information content (AvgIpc) is 3.06. The third kappa shape index (κ3) is 4.83. The molecule has 0 bridgehead atoms. The molecule has 8 heteroatoms. The number of aryl methyl sites for hydroxylation is 1. The molecule has 1 amide bonds. The highest BCUT2D eigenvalue weighted by Crippen LogP contribution is 2.35. The zero-order valence-corrected chi connectivity index (χ0v) is 15.6. The van der Waals surface area contributed by atoms with Gasteiger partial charge in [0.15, 0.2) is 5.16 Å². The lowest BCUT2D eigenvalue weighted by Gasteiger charge is -2.13. The van der Waals surface area contributed by atoms with Crippen molar-refractivity contribution in [2.75, 3.05) is 5.32 Å². The van der Waals surface area contributed by atoms with Crippen LogP contribution in [0, 0.1) is 0 Å². The van der Waals surface area contributed by atoms with Crippen LogP contribution in [0.4, 0.5) is 18.9 Å². The Bertz CT molecular complexity index is 997. The summed E-state index contributed by atoms with van der Waals surface area (Å²) in [6, 6.07) is 14.1. The van der Waals surface area contributed by atoms with Gasteiger partial charge >= 0.3 is 6.18 Å². The van der Waals surface area contributed by atoms with Gasteiger partial charge in [-0.05, 0) is 29.5 Å². The molecule has 0 fully saturated rings. The SMILES string of the molecule is Cn1ccnc1Sc1ccccc1NC(=O)/C=C(/c1ccccc1)C(F)(F)F. The number of nitrogens with one attached hydrogen (secondary N) is 1. The van der Waals surface area contributed by atoms with Gasteiger partial charge in [-0.1, -0.05) is 42.5 Å². The second-order valence-corrected chi connectivity index (χ2v) is 6.84. The second kappa shape index (κ2) is 8.35. The van der Waals surface area contributed by atoms with E-state index in [1.807, 2.05) is 7.05 Å². The summed E-state index contributed by atoms with van der Waals surface area (Å²) in [4.78, 5) is 17.2. The zero-order chi connectivity index (χ0) is 20.1. The first kappa shape index (κ1) is 19.8. The molecule has 3 aromatic rings. The molecule has 4 nitrogen and oxygen atoms in total. The molecule has 28 heavy (non-hydrogen) atoms. The van der Waals surface area contributed by atoms with Crippen LogP contribution in [0.3, 0.4) is 0 Å². The van der Waals surface area contributed by atoms with Gasteiger partial charge in [0, 0.05) is 30.4 Å². The molecule has 0 saturated heterocycles. The number of carbonyl (C=O) groups excluding carboxylic acids is 1. The summed E-state index contributed by atoms with van der Waals surface area (Å²) >= 11 is 1.30. The Morgan fingerprint density at radius 2 is 1.79 bits per heavy atom. The van der Waals surface area contributed by atoms with E-state index in [9.17, 15) is 18.0 Å². The highest BCUT2D eigenvalue weighted by atomic mass is 32.2. The Labute approximate surface area is 164 Å². The first-order chi connectivity index (χ1) is 13.3. The Hall–Kier alpha value is -3.00. The van der Waals surface area contributed by atoms with E-state index in [-0.39, 0.29) is 5.56 Å². The molecule has 0 atom stereocenters. The van der Waals surface area contributed by atoms with Crippen molar-refractivity contribution in [1.29, 1.82) is 0 Å². The first-order valence-corrected chi connectivity index (χ1v) is 9.06. The Morgan fingerprint density at radius 1 is 1.11 bits per heavy atom. The van der Waals surface area contributed by atoms with Crippen molar-refractivity contribution in [3.05, 3.63) is 78.6 Å². The summed E-state index contributed by atoms with van der Waals surface area (Å²) in [6.45, 7) is 0. The van der Waals surface area contributed by atoms with Gasteiger partial charge < -0.3 is 9.88 Å². The fourth-order valence-electron chi connectivity index (χ4n) is 2.45. The number of carbonyl (C=O) groups is 1. The summed E-state index contributed by atoms with van der Waals surface area (Å²) in [5.41, 5.74) is -0.660. The van der Waals surface area contributed by atoms with Gasteiger partial charge in [0.25, 0.3) is 0 Å². The maximum atomic E-state index is 13.4. The number of halogens is 3. The lowest BCUT2D eigenvalue weighted by atomic mass is 10.1. The van der Waals surface area contributed by atoms with Crippen molar-refractivity contribution in [2.24, 2.45) is 7.05 Å². The molecule has 3 rings (SSSR count). The molecule has 0 aliphatic carbocycles. The minimum atomic E-state index is -4.65. The van der Waals surface area contributed by atoms with Crippen LogP contribution >= 0.6 is 11.8 Å². The number of benzene rings is 2. The Balaban J connectivity index is 1.86. The highest BCUT2D eigenvalue weighted by Gasteiger charge is 2.35. The largest absolute Gasteiger partial charge is 0.417 e. The van der Waals surface area contributed by atoms with Gasteiger partial charge in [0.1, 0.15) is 0 Å². The van der Waals surface area contributed by atoms with E-state index in [4.69, 9.17) is 0 Å². The van der Waals surface area contributed by atoms with Crippen molar-refractivity contribution >= 4 is 28.9 Å². The van der Waals surface area contributed by atoms with Crippen LogP contribution in [0.5, 0.6) is 0 Å². The zero-order valence-electron chi connectivity index (χ0n) is 14.8. The third-order valence-corrected chi connectivity index (χ3v) is 4.94. The summed E-state index contributed by atoms with van der Waals surface area (Å²) in [5.74, 6) is -0.857. The maximum absolute atomic E-state index is 13.4. The summed E-state index contributed by atoms with van der Waals surface area (Å²) < 4.78 is 42.1. The van der Waals surface area contributed by atoms with E-state index >= 15 is 0 Å². The third-order valence-electron chi connectivity index (χ3n) is 3.79. The van der Waals surface area contributed by atoms with E-state index in [2.05, 4.69) is 10.3 Å². The predicted molar refractivity (Wildman–Crippen MR) is 103 cm³/mol. The van der Waals surface area contributed by atoms with Crippen molar-refractivity contribution in [3.8, 4) is 0 Å². The molecule has 0 aliphatic heterocycles. The molecule has 0 saturated carbocycles. The number of nitrogens with zero attached hydrogens (tertiary/aromatic N) is 2. The maximum Gasteiger partial charge on any atom is 0.417 e. The Morgan fingerprint density at radius 3 is 2.43 bits per heavy atom. The Kier molecular flexibility index (Phi) is 5.89. The average molecular weight is 403 g/mol. The minimum Gasteiger partial charge on any atom is -0.329 e. The van der Waals surface area contributed by atoms with Crippen LogP contribution in [0.25, 0.3) is 5.57 Å². The van der Waals surface area contributed by atoms with Gasteiger partial charge in [-0.15, -0.1) is 0 Å². The van der Waals surface area contributed by atoms with E-state index < -0.39 is 17.7 Å². The quantitative estimate of drug-likeness (QED) is 0.599. The van der Waals surface area contributed by atoms with Crippen molar-refractivity contribution in [2.45, 2.75) is 16.2 Å². The molecule has 0 unspecified atom stereocenters. The predicted octanol–water partition coefficient (Wildman–Crippen LogP) is 5.16. The number of hydrogen-bond acceptors (Lipinski definition) is 3. The lowest BCUT2D eigenvalue weighted by molar-refractivity contribution is -0.112. The summed E-state index contributed by atoms with van der Waals surface area (Å²) in [5, 5.41) is 3.23. The van der Waals surface area contributed by atoms with Gasteiger partial charge in [-0.3, -0.25) is 4.79 Å².